The number of hydrogen-bond acceptors (Lipinski definition) is 4. The molecule has 0 amide bonds. The van der Waals surface area contributed by atoms with Gasteiger partial charge in [-0.3, -0.25) is 4.57 Å². The van der Waals surface area contributed by atoms with Crippen LogP contribution in [0.25, 0.3) is 27.6 Å². The maximum atomic E-state index is 6.79. The van der Waals surface area contributed by atoms with Gasteiger partial charge < -0.3 is 9.47 Å². The van der Waals surface area contributed by atoms with Crippen molar-refractivity contribution in [3.8, 4) is 17.3 Å². The predicted octanol–water partition coefficient (Wildman–Crippen LogP) is 10.2. The number of fused-ring (bicyclic) bond motifs is 7. The largest absolute Gasteiger partial charge is 0.471 e. The summed E-state index contributed by atoms with van der Waals surface area (Å²) in [4.78, 5) is 10.2. The lowest BCUT2D eigenvalue weighted by molar-refractivity contribution is 0.147. The summed E-state index contributed by atoms with van der Waals surface area (Å²) < 4.78 is 15.8. The molecule has 9 rings (SSSR count). The van der Waals surface area contributed by atoms with Crippen LogP contribution in [0.5, 0.6) is 11.5 Å². The first kappa shape index (κ1) is 30.2. The van der Waals surface area contributed by atoms with Crippen molar-refractivity contribution in [2.24, 2.45) is 4.99 Å². The molecule has 0 radical (unpaired) electrons. The molecule has 49 heavy (non-hydrogen) atoms. The highest BCUT2D eigenvalue weighted by molar-refractivity contribution is 6.12. The summed E-state index contributed by atoms with van der Waals surface area (Å²) in [5.74, 6) is 3.30. The van der Waals surface area contributed by atoms with Crippen LogP contribution in [-0.2, 0) is 22.0 Å². The van der Waals surface area contributed by atoms with Crippen LogP contribution in [0.2, 0.25) is 0 Å². The Morgan fingerprint density at radius 2 is 1.57 bits per heavy atom. The van der Waals surface area contributed by atoms with E-state index in [2.05, 4.69) is 128 Å². The van der Waals surface area contributed by atoms with Gasteiger partial charge in [0, 0.05) is 51.4 Å². The Bertz CT molecular complexity index is 2440. The maximum Gasteiger partial charge on any atom is 0.217 e. The minimum Gasteiger partial charge on any atom is -0.471 e. The lowest BCUT2D eigenvalue weighted by Crippen LogP contribution is -2.46. The molecule has 0 unspecified atom stereocenters. The number of rotatable bonds is 3. The fourth-order valence-corrected chi connectivity index (χ4v) is 9.37. The molecule has 5 nitrogen and oxygen atoms in total. The van der Waals surface area contributed by atoms with Crippen molar-refractivity contribution < 1.29 is 9.47 Å². The molecule has 4 heterocycles. The van der Waals surface area contributed by atoms with Gasteiger partial charge in [-0.25, -0.2) is 9.98 Å². The fraction of sp³-hybridized carbons (Fsp3) is 0.318. The Kier molecular flexibility index (Phi) is 6.20. The van der Waals surface area contributed by atoms with Crippen LogP contribution in [-0.4, -0.2) is 27.6 Å². The van der Waals surface area contributed by atoms with Gasteiger partial charge in [-0.15, -0.1) is 0 Å². The van der Waals surface area contributed by atoms with E-state index in [1.807, 2.05) is 12.3 Å². The predicted molar refractivity (Wildman–Crippen MR) is 199 cm³/mol. The van der Waals surface area contributed by atoms with Gasteiger partial charge in [-0.05, 0) is 104 Å². The number of aromatic nitrogens is 2. The Balaban J connectivity index is 1.12. The summed E-state index contributed by atoms with van der Waals surface area (Å²) in [5, 5.41) is 2.48. The van der Waals surface area contributed by atoms with Crippen molar-refractivity contribution >= 4 is 27.7 Å². The third kappa shape index (κ3) is 4.30. The standard InChI is InChI=1S/C44H43N3O2/c1-23-13-27(5)38-28(14-23)21-37-40(44(38,8)9)46-42(49-37)29-15-24(2)16-30(20-29)48-36-22-35-31(19-26(36)4)32-17-25(3)18-34-39(32)47(35)41-33(43(34,6)7)11-10-12-45-41/h10-20,22,37,40H,21H2,1-9H3/t37-,40+/m0/s1. The van der Waals surface area contributed by atoms with E-state index in [1.54, 1.807) is 0 Å². The van der Waals surface area contributed by atoms with Crippen LogP contribution in [0, 0.1) is 34.6 Å². The van der Waals surface area contributed by atoms with Crippen LogP contribution in [0.4, 0.5) is 0 Å². The molecule has 1 aliphatic carbocycles. The number of benzene rings is 4. The van der Waals surface area contributed by atoms with Crippen molar-refractivity contribution in [3.63, 3.8) is 0 Å². The first-order valence-corrected chi connectivity index (χ1v) is 17.5. The number of aryl methyl sites for hydroxylation is 5. The average molecular weight is 646 g/mol. The van der Waals surface area contributed by atoms with Crippen LogP contribution < -0.4 is 4.74 Å². The molecule has 6 aromatic rings. The van der Waals surface area contributed by atoms with E-state index in [9.17, 15) is 0 Å². The molecule has 0 saturated carbocycles. The SMILES string of the molecule is Cc1cc(Oc2cc3c(cc2C)c2cc(C)cc4c2n3-c2ncccc2C4(C)C)cc(C2=N[C@@H]3[C@H](Cc4cc(C)cc(C)c4C3(C)C)O2)c1. The molecule has 3 aliphatic rings. The van der Waals surface area contributed by atoms with E-state index in [-0.39, 0.29) is 23.0 Å². The third-order valence-electron chi connectivity index (χ3n) is 11.4. The molecular weight excluding hydrogens is 603 g/mol. The summed E-state index contributed by atoms with van der Waals surface area (Å²) in [6, 6.07) is 24.4. The van der Waals surface area contributed by atoms with E-state index in [4.69, 9.17) is 19.5 Å². The first-order valence-electron chi connectivity index (χ1n) is 17.5. The number of ether oxygens (including phenoxy) is 2. The van der Waals surface area contributed by atoms with Gasteiger partial charge >= 0.3 is 0 Å². The summed E-state index contributed by atoms with van der Waals surface area (Å²) in [6.07, 6.45) is 2.79. The van der Waals surface area contributed by atoms with E-state index in [0.29, 0.717) is 5.90 Å². The molecule has 0 saturated heterocycles. The second-order valence-corrected chi connectivity index (χ2v) is 15.9. The Morgan fingerprint density at radius 3 is 2.39 bits per heavy atom. The van der Waals surface area contributed by atoms with Gasteiger partial charge in [0.1, 0.15) is 29.5 Å². The topological polar surface area (TPSA) is 48.6 Å². The van der Waals surface area contributed by atoms with Crippen LogP contribution in [0.1, 0.15) is 83.3 Å². The highest BCUT2D eigenvalue weighted by atomic mass is 16.5. The van der Waals surface area contributed by atoms with Gasteiger partial charge in [0.25, 0.3) is 0 Å². The molecule has 2 aliphatic heterocycles. The van der Waals surface area contributed by atoms with Crippen molar-refractivity contribution in [3.05, 3.63) is 129 Å². The smallest absolute Gasteiger partial charge is 0.217 e. The molecule has 0 N–H and O–H groups in total. The van der Waals surface area contributed by atoms with E-state index >= 15 is 0 Å². The van der Waals surface area contributed by atoms with Gasteiger partial charge in [-0.2, -0.15) is 0 Å². The number of pyridine rings is 1. The molecule has 4 aromatic carbocycles. The maximum absolute atomic E-state index is 6.79. The molecule has 0 spiro atoms. The average Bonchev–Trinajstić information content (AvgIpc) is 3.60. The van der Waals surface area contributed by atoms with Gasteiger partial charge in [0.05, 0.1) is 11.0 Å². The van der Waals surface area contributed by atoms with Crippen LogP contribution >= 0.6 is 0 Å². The molecule has 2 aromatic heterocycles. The summed E-state index contributed by atoms with van der Waals surface area (Å²) in [5.41, 5.74) is 14.5. The Morgan fingerprint density at radius 1 is 0.796 bits per heavy atom. The minimum absolute atomic E-state index is 0.0173. The highest BCUT2D eigenvalue weighted by Gasteiger charge is 2.48. The number of aliphatic imine (C=N–C) groups is 1. The molecule has 5 heteroatoms. The molecule has 0 fully saturated rings. The lowest BCUT2D eigenvalue weighted by atomic mass is 9.66. The first-order chi connectivity index (χ1) is 23.3. The van der Waals surface area contributed by atoms with Gasteiger partial charge in [0.15, 0.2) is 0 Å². The van der Waals surface area contributed by atoms with E-state index in [0.717, 1.165) is 45.9 Å². The normalized spacial score (nSPS) is 19.7. The quantitative estimate of drug-likeness (QED) is 0.192. The highest BCUT2D eigenvalue weighted by Crippen LogP contribution is 2.49. The minimum atomic E-state index is -0.164. The zero-order valence-electron chi connectivity index (χ0n) is 29.9. The van der Waals surface area contributed by atoms with Gasteiger partial charge in [0.2, 0.25) is 5.90 Å². The monoisotopic (exact) mass is 645 g/mol. The lowest BCUT2D eigenvalue weighted by Gasteiger charge is -2.40. The van der Waals surface area contributed by atoms with Crippen LogP contribution in [0.15, 0.2) is 77.9 Å². The molecular formula is C44H43N3O2. The molecule has 0 bridgehead atoms. The summed E-state index contributed by atoms with van der Waals surface area (Å²) in [6.45, 7) is 20.1. The van der Waals surface area contributed by atoms with Crippen LogP contribution in [0.3, 0.4) is 0 Å². The second-order valence-electron chi connectivity index (χ2n) is 15.9. The zero-order chi connectivity index (χ0) is 34.1. The number of nitrogens with zero attached hydrogens (tertiary/aromatic N) is 3. The second kappa shape index (κ2) is 10.1. The van der Waals surface area contributed by atoms with E-state index < -0.39 is 0 Å². The van der Waals surface area contributed by atoms with E-state index in [1.165, 1.54) is 55.2 Å². The molecule has 2 atom stereocenters. The Labute approximate surface area is 288 Å². The van der Waals surface area contributed by atoms with Crippen molar-refractivity contribution in [2.75, 3.05) is 0 Å². The van der Waals surface area contributed by atoms with Crippen molar-refractivity contribution in [1.29, 1.82) is 0 Å². The summed E-state index contributed by atoms with van der Waals surface area (Å²) in [7, 11) is 0. The summed E-state index contributed by atoms with van der Waals surface area (Å²) >= 11 is 0. The Hall–Kier alpha value is -4.90. The fourth-order valence-electron chi connectivity index (χ4n) is 9.37. The van der Waals surface area contributed by atoms with Crippen molar-refractivity contribution in [1.82, 2.24) is 9.55 Å². The number of hydrogen-bond donors (Lipinski definition) is 0. The van der Waals surface area contributed by atoms with Crippen molar-refractivity contribution in [2.45, 2.75) is 91.7 Å². The van der Waals surface area contributed by atoms with Gasteiger partial charge in [-0.1, -0.05) is 63.1 Å². The third-order valence-corrected chi connectivity index (χ3v) is 11.4. The zero-order valence-corrected chi connectivity index (χ0v) is 29.9. The molecule has 246 valence electrons.